The van der Waals surface area contributed by atoms with E-state index in [1.807, 2.05) is 54.9 Å². The number of anilines is 1. The van der Waals surface area contributed by atoms with E-state index in [1.165, 1.54) is 0 Å². The first-order chi connectivity index (χ1) is 13.9. The SMILES string of the molecule is Cc1cc2n(n1)CC[C@@H](c1nc(C(N)=O)nn1[C@@H](C)c1ccccc1)C(=O)N2C. The molecule has 0 unspecified atom stereocenters. The zero-order valence-electron chi connectivity index (χ0n) is 16.6. The molecular formula is C20H23N7O2. The first-order valence-corrected chi connectivity index (χ1v) is 9.50. The maximum Gasteiger partial charge on any atom is 0.288 e. The topological polar surface area (TPSA) is 112 Å². The maximum atomic E-state index is 13.3. The average molecular weight is 393 g/mol. The van der Waals surface area contributed by atoms with Crippen molar-refractivity contribution in [3.05, 3.63) is 59.3 Å². The van der Waals surface area contributed by atoms with Gasteiger partial charge in [-0.3, -0.25) is 14.5 Å². The molecular weight excluding hydrogens is 370 g/mol. The van der Waals surface area contributed by atoms with E-state index >= 15 is 0 Å². The molecule has 3 aromatic rings. The Morgan fingerprint density at radius 2 is 1.97 bits per heavy atom. The zero-order valence-corrected chi connectivity index (χ0v) is 16.6. The molecule has 0 saturated heterocycles. The van der Waals surface area contributed by atoms with Crippen molar-refractivity contribution in [3.8, 4) is 0 Å². The van der Waals surface area contributed by atoms with Crippen LogP contribution >= 0.6 is 0 Å². The van der Waals surface area contributed by atoms with Crippen molar-refractivity contribution in [2.24, 2.45) is 5.73 Å². The molecule has 9 nitrogen and oxygen atoms in total. The molecule has 3 heterocycles. The van der Waals surface area contributed by atoms with Gasteiger partial charge in [0.05, 0.1) is 17.7 Å². The van der Waals surface area contributed by atoms with Crippen LogP contribution in [0.15, 0.2) is 36.4 Å². The van der Waals surface area contributed by atoms with Crippen LogP contribution in [-0.4, -0.2) is 43.4 Å². The fourth-order valence-corrected chi connectivity index (χ4v) is 3.76. The molecule has 2 N–H and O–H groups in total. The predicted molar refractivity (Wildman–Crippen MR) is 107 cm³/mol. The first kappa shape index (κ1) is 18.9. The number of fused-ring (bicyclic) bond motifs is 1. The molecule has 1 aliphatic heterocycles. The van der Waals surface area contributed by atoms with Crippen LogP contribution in [-0.2, 0) is 11.3 Å². The molecule has 0 radical (unpaired) electrons. The number of benzene rings is 1. The number of nitrogens with two attached hydrogens (primary N) is 1. The van der Waals surface area contributed by atoms with Crippen molar-refractivity contribution < 1.29 is 9.59 Å². The Kier molecular flexibility index (Phi) is 4.65. The number of likely N-dealkylation sites (N-methyl/N-ethyl adjacent to an activating group) is 1. The van der Waals surface area contributed by atoms with Crippen LogP contribution in [0.3, 0.4) is 0 Å². The van der Waals surface area contributed by atoms with Crippen LogP contribution in [0.5, 0.6) is 0 Å². The minimum absolute atomic E-state index is 0.0870. The Bertz CT molecular complexity index is 1070. The molecule has 2 atom stereocenters. The van der Waals surface area contributed by atoms with Gasteiger partial charge in [0.25, 0.3) is 5.91 Å². The minimum atomic E-state index is -0.719. The van der Waals surface area contributed by atoms with Gasteiger partial charge in [-0.05, 0) is 25.8 Å². The third-order valence-electron chi connectivity index (χ3n) is 5.32. The number of carbonyl (C=O) groups excluding carboxylic acids is 2. The summed E-state index contributed by atoms with van der Waals surface area (Å²) in [5.74, 6) is -0.302. The van der Waals surface area contributed by atoms with Crippen LogP contribution in [0, 0.1) is 6.92 Å². The second-order valence-corrected chi connectivity index (χ2v) is 7.29. The summed E-state index contributed by atoms with van der Waals surface area (Å²) in [6, 6.07) is 11.4. The number of carbonyl (C=O) groups is 2. The third kappa shape index (κ3) is 3.28. The number of nitrogens with zero attached hydrogens (tertiary/aromatic N) is 6. The highest BCUT2D eigenvalue weighted by Crippen LogP contribution is 2.31. The summed E-state index contributed by atoms with van der Waals surface area (Å²) in [4.78, 5) is 31.0. The summed E-state index contributed by atoms with van der Waals surface area (Å²) in [5.41, 5.74) is 7.29. The Morgan fingerprint density at radius 3 is 2.66 bits per heavy atom. The highest BCUT2D eigenvalue weighted by Gasteiger charge is 2.35. The van der Waals surface area contributed by atoms with Gasteiger partial charge in [0.2, 0.25) is 11.7 Å². The van der Waals surface area contributed by atoms with E-state index < -0.39 is 11.8 Å². The molecule has 1 aromatic carbocycles. The number of primary amides is 1. The molecule has 1 aliphatic rings. The van der Waals surface area contributed by atoms with Gasteiger partial charge >= 0.3 is 0 Å². The van der Waals surface area contributed by atoms with E-state index in [0.717, 1.165) is 17.1 Å². The highest BCUT2D eigenvalue weighted by molar-refractivity contribution is 5.97. The molecule has 2 amide bonds. The number of rotatable bonds is 4. The molecule has 29 heavy (non-hydrogen) atoms. The van der Waals surface area contributed by atoms with E-state index in [4.69, 9.17) is 5.73 Å². The molecule has 2 aromatic heterocycles. The molecule has 0 bridgehead atoms. The summed E-state index contributed by atoms with van der Waals surface area (Å²) in [6.07, 6.45) is 0.496. The van der Waals surface area contributed by atoms with Crippen molar-refractivity contribution in [2.75, 3.05) is 11.9 Å². The Balaban J connectivity index is 1.77. The Hall–Kier alpha value is -3.49. The van der Waals surface area contributed by atoms with Gasteiger partial charge in [-0.15, -0.1) is 5.10 Å². The number of amides is 2. The van der Waals surface area contributed by atoms with Crippen molar-refractivity contribution in [1.82, 2.24) is 24.5 Å². The summed E-state index contributed by atoms with van der Waals surface area (Å²) in [5, 5.41) is 8.81. The van der Waals surface area contributed by atoms with Gasteiger partial charge in [-0.1, -0.05) is 30.3 Å². The highest BCUT2D eigenvalue weighted by atomic mass is 16.2. The normalized spacial score (nSPS) is 17.7. The lowest BCUT2D eigenvalue weighted by atomic mass is 10.0. The second-order valence-electron chi connectivity index (χ2n) is 7.29. The van der Waals surface area contributed by atoms with E-state index in [0.29, 0.717) is 18.8 Å². The summed E-state index contributed by atoms with van der Waals surface area (Å²) < 4.78 is 3.47. The van der Waals surface area contributed by atoms with Gasteiger partial charge < -0.3 is 5.73 Å². The number of aryl methyl sites for hydroxylation is 2. The predicted octanol–water partition coefficient (Wildman–Crippen LogP) is 1.64. The molecule has 9 heteroatoms. The number of hydrogen-bond donors (Lipinski definition) is 1. The molecule has 0 spiro atoms. The van der Waals surface area contributed by atoms with E-state index in [2.05, 4.69) is 15.2 Å². The fraction of sp³-hybridized carbons (Fsp3) is 0.350. The van der Waals surface area contributed by atoms with Crippen LogP contribution in [0.1, 0.15) is 53.0 Å². The third-order valence-corrected chi connectivity index (χ3v) is 5.32. The lowest BCUT2D eigenvalue weighted by Crippen LogP contribution is -2.32. The molecule has 4 rings (SSSR count). The van der Waals surface area contributed by atoms with E-state index in [-0.39, 0.29) is 17.8 Å². The number of aromatic nitrogens is 5. The van der Waals surface area contributed by atoms with Gasteiger partial charge in [0.15, 0.2) is 0 Å². The first-order valence-electron chi connectivity index (χ1n) is 9.50. The van der Waals surface area contributed by atoms with Crippen molar-refractivity contribution in [3.63, 3.8) is 0 Å². The van der Waals surface area contributed by atoms with Gasteiger partial charge in [0.1, 0.15) is 11.6 Å². The summed E-state index contributed by atoms with van der Waals surface area (Å²) in [7, 11) is 1.73. The standard InChI is InChI=1S/C20H23N7O2/c1-12-11-16-25(3)20(29)15(9-10-26(16)23-12)19-22-18(17(21)28)24-27(19)13(2)14-7-5-4-6-8-14/h4-8,11,13,15H,9-10H2,1-3H3,(H2,21,28)/t13-,15-/m0/s1. The number of hydrogen-bond acceptors (Lipinski definition) is 5. The fourth-order valence-electron chi connectivity index (χ4n) is 3.76. The minimum Gasteiger partial charge on any atom is -0.363 e. The molecule has 0 fully saturated rings. The quantitative estimate of drug-likeness (QED) is 0.724. The van der Waals surface area contributed by atoms with E-state index in [1.54, 1.807) is 16.6 Å². The largest absolute Gasteiger partial charge is 0.363 e. The smallest absolute Gasteiger partial charge is 0.288 e. The van der Waals surface area contributed by atoms with Crippen molar-refractivity contribution >= 4 is 17.6 Å². The van der Waals surface area contributed by atoms with Crippen LogP contribution in [0.4, 0.5) is 5.82 Å². The van der Waals surface area contributed by atoms with E-state index in [9.17, 15) is 9.59 Å². The van der Waals surface area contributed by atoms with Crippen molar-refractivity contribution in [2.45, 2.75) is 38.8 Å². The average Bonchev–Trinajstić information content (AvgIpc) is 3.29. The second kappa shape index (κ2) is 7.16. The maximum absolute atomic E-state index is 13.3. The molecule has 0 aliphatic carbocycles. The van der Waals surface area contributed by atoms with Crippen LogP contribution in [0.2, 0.25) is 0 Å². The lowest BCUT2D eigenvalue weighted by molar-refractivity contribution is -0.120. The lowest BCUT2D eigenvalue weighted by Gasteiger charge is -2.21. The summed E-state index contributed by atoms with van der Waals surface area (Å²) >= 11 is 0. The zero-order chi connectivity index (χ0) is 20.7. The van der Waals surface area contributed by atoms with Gasteiger partial charge in [-0.2, -0.15) is 5.10 Å². The Morgan fingerprint density at radius 1 is 1.24 bits per heavy atom. The van der Waals surface area contributed by atoms with Crippen LogP contribution in [0.25, 0.3) is 0 Å². The van der Waals surface area contributed by atoms with Gasteiger partial charge in [-0.25, -0.2) is 14.3 Å². The van der Waals surface area contributed by atoms with Crippen molar-refractivity contribution in [1.29, 1.82) is 0 Å². The summed E-state index contributed by atoms with van der Waals surface area (Å²) in [6.45, 7) is 4.41. The molecule has 0 saturated carbocycles. The van der Waals surface area contributed by atoms with Gasteiger partial charge in [0, 0.05) is 19.7 Å². The Labute approximate surface area is 168 Å². The van der Waals surface area contributed by atoms with Crippen LogP contribution < -0.4 is 10.6 Å². The molecule has 150 valence electrons. The monoisotopic (exact) mass is 393 g/mol.